The van der Waals surface area contributed by atoms with Gasteiger partial charge >= 0.3 is 0 Å². The van der Waals surface area contributed by atoms with Gasteiger partial charge in [0.1, 0.15) is 6.07 Å². The second-order valence-electron chi connectivity index (χ2n) is 4.25. The maximum atomic E-state index is 11.3. The molecular formula is C14H19N3O. The van der Waals surface area contributed by atoms with Crippen LogP contribution in [-0.4, -0.2) is 37.4 Å². The average Bonchev–Trinajstić information content (AvgIpc) is 2.38. The fraction of sp³-hybridized carbons (Fsp3) is 0.429. The molecule has 0 aliphatic carbocycles. The van der Waals surface area contributed by atoms with Gasteiger partial charge in [-0.2, -0.15) is 5.26 Å². The molecule has 0 aromatic heterocycles. The van der Waals surface area contributed by atoms with Crippen LogP contribution in [0.1, 0.15) is 29.8 Å². The standard InChI is InChI=1S/C14H19N3O/c1-4-17(3)8-7-16-14-9-12(11(2)18)5-6-13(14)10-15/h5-6,9,16H,4,7-8H2,1-3H3. The number of hydrogen-bond donors (Lipinski definition) is 1. The number of likely N-dealkylation sites (N-methyl/N-ethyl adjacent to an activating group) is 1. The molecule has 0 aliphatic heterocycles. The molecule has 1 aromatic carbocycles. The minimum atomic E-state index is 0.00761. The van der Waals surface area contributed by atoms with E-state index < -0.39 is 0 Å². The number of carbonyl (C=O) groups excluding carboxylic acids is 1. The summed E-state index contributed by atoms with van der Waals surface area (Å²) in [6.07, 6.45) is 0. The van der Waals surface area contributed by atoms with Gasteiger partial charge in [-0.05, 0) is 38.7 Å². The Hall–Kier alpha value is -1.86. The van der Waals surface area contributed by atoms with Gasteiger partial charge in [0.05, 0.1) is 11.3 Å². The van der Waals surface area contributed by atoms with Crippen LogP contribution < -0.4 is 5.32 Å². The van der Waals surface area contributed by atoms with E-state index in [2.05, 4.69) is 23.2 Å². The van der Waals surface area contributed by atoms with Crippen molar-refractivity contribution in [3.63, 3.8) is 0 Å². The van der Waals surface area contributed by atoms with E-state index in [1.54, 1.807) is 18.2 Å². The number of nitrogens with one attached hydrogen (secondary N) is 1. The van der Waals surface area contributed by atoms with E-state index in [0.717, 1.165) is 25.3 Å². The molecular weight excluding hydrogens is 226 g/mol. The normalized spacial score (nSPS) is 10.2. The van der Waals surface area contributed by atoms with E-state index in [0.29, 0.717) is 11.1 Å². The summed E-state index contributed by atoms with van der Waals surface area (Å²) in [5.74, 6) is 0.00761. The number of hydrogen-bond acceptors (Lipinski definition) is 4. The maximum Gasteiger partial charge on any atom is 0.159 e. The van der Waals surface area contributed by atoms with Gasteiger partial charge in [0.2, 0.25) is 0 Å². The van der Waals surface area contributed by atoms with Crippen LogP contribution in [0.15, 0.2) is 18.2 Å². The Morgan fingerprint density at radius 1 is 1.50 bits per heavy atom. The molecule has 0 atom stereocenters. The lowest BCUT2D eigenvalue weighted by atomic mass is 10.1. The number of carbonyl (C=O) groups is 1. The van der Waals surface area contributed by atoms with Gasteiger partial charge in [0, 0.05) is 18.7 Å². The minimum Gasteiger partial charge on any atom is -0.383 e. The van der Waals surface area contributed by atoms with Gasteiger partial charge in [0.25, 0.3) is 0 Å². The molecule has 1 N–H and O–H groups in total. The Bertz CT molecular complexity index is 463. The molecule has 0 amide bonds. The van der Waals surface area contributed by atoms with E-state index in [1.165, 1.54) is 6.92 Å². The van der Waals surface area contributed by atoms with Crippen molar-refractivity contribution in [3.8, 4) is 6.07 Å². The lowest BCUT2D eigenvalue weighted by Gasteiger charge is -2.15. The van der Waals surface area contributed by atoms with E-state index in [9.17, 15) is 4.79 Å². The van der Waals surface area contributed by atoms with Gasteiger partial charge in [-0.3, -0.25) is 4.79 Å². The van der Waals surface area contributed by atoms with Crippen molar-refractivity contribution in [3.05, 3.63) is 29.3 Å². The van der Waals surface area contributed by atoms with Crippen LogP contribution in [-0.2, 0) is 0 Å². The highest BCUT2D eigenvalue weighted by Crippen LogP contribution is 2.17. The number of nitrogens with zero attached hydrogens (tertiary/aromatic N) is 2. The molecule has 4 heteroatoms. The van der Waals surface area contributed by atoms with Crippen LogP contribution in [0.5, 0.6) is 0 Å². The van der Waals surface area contributed by atoms with Crippen molar-refractivity contribution in [2.45, 2.75) is 13.8 Å². The predicted octanol–water partition coefficient (Wildman–Crippen LogP) is 2.12. The Morgan fingerprint density at radius 3 is 2.78 bits per heavy atom. The van der Waals surface area contributed by atoms with E-state index in [1.807, 2.05) is 7.05 Å². The predicted molar refractivity (Wildman–Crippen MR) is 72.8 cm³/mol. The summed E-state index contributed by atoms with van der Waals surface area (Å²) in [5.41, 5.74) is 1.93. The Labute approximate surface area is 108 Å². The number of benzene rings is 1. The Morgan fingerprint density at radius 2 is 2.22 bits per heavy atom. The third kappa shape index (κ3) is 3.86. The molecule has 0 aliphatic rings. The molecule has 0 saturated carbocycles. The van der Waals surface area contributed by atoms with E-state index >= 15 is 0 Å². The van der Waals surface area contributed by atoms with Gasteiger partial charge in [-0.1, -0.05) is 6.92 Å². The fourth-order valence-electron chi connectivity index (χ4n) is 1.55. The average molecular weight is 245 g/mol. The topological polar surface area (TPSA) is 56.1 Å². The van der Waals surface area contributed by atoms with Gasteiger partial charge < -0.3 is 10.2 Å². The molecule has 0 unspecified atom stereocenters. The fourth-order valence-corrected chi connectivity index (χ4v) is 1.55. The molecule has 0 bridgehead atoms. The maximum absolute atomic E-state index is 11.3. The summed E-state index contributed by atoms with van der Waals surface area (Å²) in [7, 11) is 2.04. The van der Waals surface area contributed by atoms with Crippen LogP contribution in [0.4, 0.5) is 5.69 Å². The second kappa shape index (κ2) is 6.77. The number of Topliss-reactive ketones (excluding diaryl/α,β-unsaturated/α-hetero) is 1. The third-order valence-corrected chi connectivity index (χ3v) is 2.90. The first-order valence-corrected chi connectivity index (χ1v) is 6.06. The molecule has 0 heterocycles. The summed E-state index contributed by atoms with van der Waals surface area (Å²) in [6, 6.07) is 7.24. The molecule has 1 rings (SSSR count). The van der Waals surface area contributed by atoms with Gasteiger partial charge in [0.15, 0.2) is 5.78 Å². The number of rotatable bonds is 6. The SMILES string of the molecule is CCN(C)CCNc1cc(C(C)=O)ccc1C#N. The highest BCUT2D eigenvalue weighted by molar-refractivity contribution is 5.95. The van der Waals surface area contributed by atoms with Gasteiger partial charge in [-0.15, -0.1) is 0 Å². The van der Waals surface area contributed by atoms with Crippen molar-refractivity contribution in [1.82, 2.24) is 4.90 Å². The molecule has 1 aromatic rings. The van der Waals surface area contributed by atoms with Crippen LogP contribution in [0.3, 0.4) is 0 Å². The number of nitriles is 1. The molecule has 4 nitrogen and oxygen atoms in total. The number of ketones is 1. The Kier molecular flexibility index (Phi) is 5.34. The number of anilines is 1. The quantitative estimate of drug-likeness (QED) is 0.780. The minimum absolute atomic E-state index is 0.00761. The van der Waals surface area contributed by atoms with Crippen LogP contribution >= 0.6 is 0 Å². The zero-order valence-corrected chi connectivity index (χ0v) is 11.2. The first-order chi connectivity index (χ1) is 8.58. The lowest BCUT2D eigenvalue weighted by Crippen LogP contribution is -2.24. The molecule has 0 spiro atoms. The first kappa shape index (κ1) is 14.2. The summed E-state index contributed by atoms with van der Waals surface area (Å²) in [4.78, 5) is 13.5. The van der Waals surface area contributed by atoms with Crippen molar-refractivity contribution in [2.24, 2.45) is 0 Å². The highest BCUT2D eigenvalue weighted by atomic mass is 16.1. The first-order valence-electron chi connectivity index (χ1n) is 6.06. The highest BCUT2D eigenvalue weighted by Gasteiger charge is 2.06. The zero-order chi connectivity index (χ0) is 13.5. The van der Waals surface area contributed by atoms with Crippen LogP contribution in [0.2, 0.25) is 0 Å². The van der Waals surface area contributed by atoms with Crippen molar-refractivity contribution >= 4 is 11.5 Å². The second-order valence-corrected chi connectivity index (χ2v) is 4.25. The van der Waals surface area contributed by atoms with E-state index in [4.69, 9.17) is 5.26 Å². The monoisotopic (exact) mass is 245 g/mol. The summed E-state index contributed by atoms with van der Waals surface area (Å²) in [5, 5.41) is 12.2. The summed E-state index contributed by atoms with van der Waals surface area (Å²) < 4.78 is 0. The summed E-state index contributed by atoms with van der Waals surface area (Å²) >= 11 is 0. The Balaban J connectivity index is 2.76. The smallest absolute Gasteiger partial charge is 0.159 e. The molecule has 96 valence electrons. The largest absolute Gasteiger partial charge is 0.383 e. The van der Waals surface area contributed by atoms with Gasteiger partial charge in [-0.25, -0.2) is 0 Å². The van der Waals surface area contributed by atoms with Crippen molar-refractivity contribution in [1.29, 1.82) is 5.26 Å². The molecule has 18 heavy (non-hydrogen) atoms. The molecule has 0 radical (unpaired) electrons. The van der Waals surface area contributed by atoms with Crippen LogP contribution in [0, 0.1) is 11.3 Å². The van der Waals surface area contributed by atoms with Crippen LogP contribution in [0.25, 0.3) is 0 Å². The molecule has 0 fully saturated rings. The molecule has 0 saturated heterocycles. The zero-order valence-electron chi connectivity index (χ0n) is 11.2. The third-order valence-electron chi connectivity index (χ3n) is 2.90. The summed E-state index contributed by atoms with van der Waals surface area (Å²) in [6.45, 7) is 6.25. The van der Waals surface area contributed by atoms with Crippen molar-refractivity contribution in [2.75, 3.05) is 32.0 Å². The van der Waals surface area contributed by atoms with Crippen molar-refractivity contribution < 1.29 is 4.79 Å². The lowest BCUT2D eigenvalue weighted by molar-refractivity contribution is 0.101. The van der Waals surface area contributed by atoms with E-state index in [-0.39, 0.29) is 5.78 Å².